The van der Waals surface area contributed by atoms with Crippen LogP contribution >= 0.6 is 0 Å². The highest BCUT2D eigenvalue weighted by atomic mass is 16.4. The number of aryl methyl sites for hydroxylation is 1. The molecule has 0 radical (unpaired) electrons. The van der Waals surface area contributed by atoms with E-state index >= 15 is 0 Å². The lowest BCUT2D eigenvalue weighted by Crippen LogP contribution is -2.45. The first-order valence-electron chi connectivity index (χ1n) is 11.5. The van der Waals surface area contributed by atoms with Crippen molar-refractivity contribution < 1.29 is 14.7 Å². The lowest BCUT2D eigenvalue weighted by Gasteiger charge is -2.33. The molecule has 1 aliphatic heterocycles. The van der Waals surface area contributed by atoms with Crippen LogP contribution in [0.2, 0.25) is 0 Å². The molecule has 1 unspecified atom stereocenters. The summed E-state index contributed by atoms with van der Waals surface area (Å²) in [5.74, 6) is -0.447. The Morgan fingerprint density at radius 1 is 1.30 bits per heavy atom. The third kappa shape index (κ3) is 5.92. The molecule has 176 valence electrons. The Kier molecular flexibility index (Phi) is 7.75. The summed E-state index contributed by atoms with van der Waals surface area (Å²) >= 11 is 0. The van der Waals surface area contributed by atoms with Gasteiger partial charge in [0.05, 0.1) is 24.5 Å². The van der Waals surface area contributed by atoms with E-state index in [0.29, 0.717) is 32.4 Å². The zero-order chi connectivity index (χ0) is 24.0. The van der Waals surface area contributed by atoms with E-state index in [9.17, 15) is 14.7 Å². The van der Waals surface area contributed by atoms with Crippen molar-refractivity contribution in [2.45, 2.75) is 64.8 Å². The minimum atomic E-state index is -0.959. The number of imidazole rings is 1. The molecule has 0 aliphatic carbocycles. The highest BCUT2D eigenvalue weighted by molar-refractivity contribution is 5.79. The number of amides is 2. The molecule has 8 heteroatoms. The Balaban J connectivity index is 1.74. The van der Waals surface area contributed by atoms with Crippen LogP contribution in [0, 0.1) is 17.2 Å². The normalized spacial score (nSPS) is 13.4. The lowest BCUT2D eigenvalue weighted by atomic mass is 9.93. The van der Waals surface area contributed by atoms with Crippen molar-refractivity contribution in [3.63, 3.8) is 0 Å². The van der Waals surface area contributed by atoms with Crippen molar-refractivity contribution in [3.05, 3.63) is 47.5 Å². The topological polar surface area (TPSA) is 111 Å². The summed E-state index contributed by atoms with van der Waals surface area (Å²) < 4.78 is 2.12. The number of aromatic nitrogens is 2. The van der Waals surface area contributed by atoms with Gasteiger partial charge >= 0.3 is 6.09 Å². The second-order valence-electron chi connectivity index (χ2n) is 9.48. The first-order chi connectivity index (χ1) is 15.7. The van der Waals surface area contributed by atoms with Crippen LogP contribution in [0.3, 0.4) is 0 Å². The third-order valence-corrected chi connectivity index (χ3v) is 6.16. The molecule has 2 aromatic rings. The van der Waals surface area contributed by atoms with Crippen molar-refractivity contribution >= 4 is 12.0 Å². The molecule has 0 saturated carbocycles. The standard InChI is InChI=1S/C25H33N5O3/c1-25(2,3)30(24(32)33)15-6-9-19(23(31)27-14-7-13-26)16-20-22-12-11-18-8-4-5-10-21(18)29(22)17-28-20/h4-5,8,10,17,19H,6-7,9,11-12,14-16H2,1-3H3,(H,27,31)(H,32,33). The summed E-state index contributed by atoms with van der Waals surface area (Å²) in [6, 6.07) is 10.3. The fourth-order valence-corrected chi connectivity index (χ4v) is 4.42. The minimum absolute atomic E-state index is 0.110. The zero-order valence-corrected chi connectivity index (χ0v) is 19.7. The summed E-state index contributed by atoms with van der Waals surface area (Å²) in [7, 11) is 0. The van der Waals surface area contributed by atoms with E-state index in [1.54, 1.807) is 0 Å². The smallest absolute Gasteiger partial charge is 0.407 e. The Morgan fingerprint density at radius 2 is 2.06 bits per heavy atom. The maximum atomic E-state index is 12.9. The number of carbonyl (C=O) groups excluding carboxylic acids is 1. The SMILES string of the molecule is CC(C)(C)N(CCCC(Cc1ncn2c1CCc1ccccc1-2)C(=O)NCCC#N)C(=O)O. The van der Waals surface area contributed by atoms with Crippen LogP contribution in [0.15, 0.2) is 30.6 Å². The number of hydrogen-bond donors (Lipinski definition) is 2. The fraction of sp³-hybridized carbons (Fsp3) is 0.520. The molecule has 1 aliphatic rings. The number of carbonyl (C=O) groups is 2. The summed E-state index contributed by atoms with van der Waals surface area (Å²) in [6.07, 6.45) is 4.54. The van der Waals surface area contributed by atoms with Gasteiger partial charge in [0, 0.05) is 42.3 Å². The molecular formula is C25H33N5O3. The fourth-order valence-electron chi connectivity index (χ4n) is 4.42. The molecule has 8 nitrogen and oxygen atoms in total. The Hall–Kier alpha value is -3.34. The average Bonchev–Trinajstić information content (AvgIpc) is 3.18. The number of hydrogen-bond acceptors (Lipinski definition) is 4. The zero-order valence-electron chi connectivity index (χ0n) is 19.7. The molecule has 2 amide bonds. The van der Waals surface area contributed by atoms with E-state index in [1.807, 2.05) is 45.3 Å². The molecule has 0 saturated heterocycles. The molecule has 1 aromatic carbocycles. The van der Waals surface area contributed by atoms with Crippen molar-refractivity contribution in [3.8, 4) is 11.8 Å². The van der Waals surface area contributed by atoms with Gasteiger partial charge in [-0.3, -0.25) is 4.79 Å². The number of carboxylic acid groups (broad SMARTS) is 1. The van der Waals surface area contributed by atoms with Crippen molar-refractivity contribution in [1.29, 1.82) is 5.26 Å². The van der Waals surface area contributed by atoms with E-state index in [0.717, 1.165) is 29.9 Å². The molecule has 1 aromatic heterocycles. The Bertz CT molecular complexity index is 1030. The predicted molar refractivity (Wildman–Crippen MR) is 125 cm³/mol. The van der Waals surface area contributed by atoms with E-state index in [4.69, 9.17) is 5.26 Å². The summed E-state index contributed by atoms with van der Waals surface area (Å²) in [6.45, 7) is 6.26. The van der Waals surface area contributed by atoms with Gasteiger partial charge in [0.25, 0.3) is 0 Å². The van der Waals surface area contributed by atoms with Crippen LogP contribution in [0.5, 0.6) is 0 Å². The third-order valence-electron chi connectivity index (χ3n) is 6.16. The van der Waals surface area contributed by atoms with Crippen molar-refractivity contribution in [2.75, 3.05) is 13.1 Å². The number of fused-ring (bicyclic) bond motifs is 3. The van der Waals surface area contributed by atoms with Gasteiger partial charge in [-0.15, -0.1) is 0 Å². The molecule has 2 N–H and O–H groups in total. The molecule has 1 atom stereocenters. The number of benzene rings is 1. The second-order valence-corrected chi connectivity index (χ2v) is 9.48. The minimum Gasteiger partial charge on any atom is -0.465 e. The van der Waals surface area contributed by atoms with Crippen LogP contribution in [0.25, 0.3) is 5.69 Å². The predicted octanol–water partition coefficient (Wildman–Crippen LogP) is 3.72. The average molecular weight is 452 g/mol. The number of nitriles is 1. The van der Waals surface area contributed by atoms with Gasteiger partial charge in [-0.25, -0.2) is 9.78 Å². The van der Waals surface area contributed by atoms with Crippen LogP contribution < -0.4 is 5.32 Å². The maximum absolute atomic E-state index is 12.9. The van der Waals surface area contributed by atoms with Crippen LogP contribution in [-0.4, -0.2) is 50.2 Å². The lowest BCUT2D eigenvalue weighted by molar-refractivity contribution is -0.125. The highest BCUT2D eigenvalue weighted by Crippen LogP contribution is 2.28. The molecule has 0 bridgehead atoms. The second kappa shape index (κ2) is 10.5. The summed E-state index contributed by atoms with van der Waals surface area (Å²) in [5.41, 5.74) is 3.96. The number of para-hydroxylation sites is 1. The first-order valence-corrected chi connectivity index (χ1v) is 11.5. The van der Waals surface area contributed by atoms with Gasteiger partial charge in [0.2, 0.25) is 5.91 Å². The van der Waals surface area contributed by atoms with E-state index < -0.39 is 11.6 Å². The largest absolute Gasteiger partial charge is 0.465 e. The molecule has 2 heterocycles. The molecule has 0 fully saturated rings. The van der Waals surface area contributed by atoms with Crippen LogP contribution in [0.1, 0.15) is 57.0 Å². The van der Waals surface area contributed by atoms with Crippen LogP contribution in [-0.2, 0) is 24.1 Å². The molecule has 3 rings (SSSR count). The quantitative estimate of drug-likeness (QED) is 0.565. The monoisotopic (exact) mass is 451 g/mol. The van der Waals surface area contributed by atoms with Gasteiger partial charge in [-0.2, -0.15) is 5.26 Å². The van der Waals surface area contributed by atoms with Crippen LogP contribution in [0.4, 0.5) is 4.79 Å². The van der Waals surface area contributed by atoms with Gasteiger partial charge in [0.1, 0.15) is 0 Å². The maximum Gasteiger partial charge on any atom is 0.407 e. The first kappa shape index (κ1) is 24.3. The molecule has 33 heavy (non-hydrogen) atoms. The van der Waals surface area contributed by atoms with Crippen molar-refractivity contribution in [1.82, 2.24) is 19.8 Å². The summed E-state index contributed by atoms with van der Waals surface area (Å²) in [5, 5.41) is 21.2. The van der Waals surface area contributed by atoms with E-state index in [2.05, 4.69) is 27.0 Å². The van der Waals surface area contributed by atoms with Gasteiger partial charge in [0.15, 0.2) is 0 Å². The number of nitrogens with zero attached hydrogens (tertiary/aromatic N) is 4. The Morgan fingerprint density at radius 3 is 2.76 bits per heavy atom. The van der Waals surface area contributed by atoms with Gasteiger partial charge < -0.3 is 19.9 Å². The van der Waals surface area contributed by atoms with Crippen molar-refractivity contribution in [2.24, 2.45) is 5.92 Å². The molecular weight excluding hydrogens is 418 g/mol. The van der Waals surface area contributed by atoms with Gasteiger partial charge in [-0.1, -0.05) is 18.2 Å². The summed E-state index contributed by atoms with van der Waals surface area (Å²) in [4.78, 5) is 30.6. The van der Waals surface area contributed by atoms with E-state index in [-0.39, 0.29) is 18.2 Å². The van der Waals surface area contributed by atoms with E-state index in [1.165, 1.54) is 10.5 Å². The Labute approximate surface area is 195 Å². The molecule has 0 spiro atoms. The number of rotatable bonds is 9. The highest BCUT2D eigenvalue weighted by Gasteiger charge is 2.28. The van der Waals surface area contributed by atoms with Gasteiger partial charge in [-0.05, 0) is 58.1 Å². The number of nitrogens with one attached hydrogen (secondary N) is 1.